The summed E-state index contributed by atoms with van der Waals surface area (Å²) in [7, 11) is 0. The van der Waals surface area contributed by atoms with Gasteiger partial charge in [-0.3, -0.25) is 4.79 Å². The fourth-order valence-electron chi connectivity index (χ4n) is 0.417. The van der Waals surface area contributed by atoms with E-state index in [1.807, 2.05) is 20.1 Å². The smallest absolute Gasteiger partial charge is 0.188 e. The van der Waals surface area contributed by atoms with Gasteiger partial charge >= 0.3 is 0 Å². The molecule has 0 radical (unpaired) electrons. The standard InChI is InChI=1S/C6H12OS/c1-5(2)4-6(7)8-3/h5H,4H2,1-3H3. The second-order valence-electron chi connectivity index (χ2n) is 2.17. The van der Waals surface area contributed by atoms with Crippen molar-refractivity contribution in [2.45, 2.75) is 20.3 Å². The van der Waals surface area contributed by atoms with Gasteiger partial charge in [-0.15, -0.1) is 0 Å². The van der Waals surface area contributed by atoms with Crippen molar-refractivity contribution < 1.29 is 4.79 Å². The van der Waals surface area contributed by atoms with Crippen LogP contribution in [0.1, 0.15) is 20.3 Å². The van der Waals surface area contributed by atoms with E-state index in [-0.39, 0.29) is 0 Å². The van der Waals surface area contributed by atoms with Gasteiger partial charge in [0.2, 0.25) is 0 Å². The summed E-state index contributed by atoms with van der Waals surface area (Å²) in [5, 5.41) is 0.292. The number of thioether (sulfide) groups is 1. The molecule has 0 aliphatic carbocycles. The van der Waals surface area contributed by atoms with E-state index in [0.717, 1.165) is 0 Å². The first kappa shape index (κ1) is 8.02. The maximum atomic E-state index is 10.6. The van der Waals surface area contributed by atoms with Gasteiger partial charge in [0.25, 0.3) is 0 Å². The topological polar surface area (TPSA) is 17.1 Å². The third kappa shape index (κ3) is 4.19. The van der Waals surface area contributed by atoms with E-state index >= 15 is 0 Å². The molecule has 48 valence electrons. The molecule has 0 aromatic carbocycles. The summed E-state index contributed by atoms with van der Waals surface area (Å²) in [6, 6.07) is 0. The fourth-order valence-corrected chi connectivity index (χ4v) is 0.917. The van der Waals surface area contributed by atoms with Crippen molar-refractivity contribution in [1.29, 1.82) is 0 Å². The molecule has 2 heteroatoms. The maximum Gasteiger partial charge on any atom is 0.188 e. The van der Waals surface area contributed by atoms with Crippen molar-refractivity contribution in [2.75, 3.05) is 6.26 Å². The largest absolute Gasteiger partial charge is 0.287 e. The Morgan fingerprint density at radius 3 is 2.25 bits per heavy atom. The molecule has 0 N–H and O–H groups in total. The lowest BCUT2D eigenvalue weighted by Gasteiger charge is -1.98. The van der Waals surface area contributed by atoms with E-state index in [1.54, 1.807) is 0 Å². The summed E-state index contributed by atoms with van der Waals surface area (Å²) in [5.74, 6) is 0.509. The molecular weight excluding hydrogens is 120 g/mol. The van der Waals surface area contributed by atoms with Gasteiger partial charge in [-0.05, 0) is 12.2 Å². The Hall–Kier alpha value is 0.0200. The molecule has 0 rings (SSSR count). The number of hydrogen-bond donors (Lipinski definition) is 0. The zero-order valence-electron chi connectivity index (χ0n) is 5.60. The molecule has 1 nitrogen and oxygen atoms in total. The summed E-state index contributed by atoms with van der Waals surface area (Å²) in [6.07, 6.45) is 2.53. The highest BCUT2D eigenvalue weighted by Crippen LogP contribution is 2.06. The maximum absolute atomic E-state index is 10.6. The van der Waals surface area contributed by atoms with E-state index in [4.69, 9.17) is 0 Å². The average Bonchev–Trinajstić information content (AvgIpc) is 1.65. The zero-order chi connectivity index (χ0) is 6.57. The highest BCUT2D eigenvalue weighted by atomic mass is 32.2. The Morgan fingerprint density at radius 2 is 2.12 bits per heavy atom. The van der Waals surface area contributed by atoms with Crippen molar-refractivity contribution in [1.82, 2.24) is 0 Å². The Labute approximate surface area is 54.8 Å². The third-order valence-corrected chi connectivity index (χ3v) is 1.42. The summed E-state index contributed by atoms with van der Waals surface area (Å²) >= 11 is 1.31. The molecule has 0 atom stereocenters. The van der Waals surface area contributed by atoms with Crippen LogP contribution in [0.15, 0.2) is 0 Å². The van der Waals surface area contributed by atoms with E-state index in [1.165, 1.54) is 11.8 Å². The van der Waals surface area contributed by atoms with E-state index in [9.17, 15) is 4.79 Å². The number of rotatable bonds is 2. The van der Waals surface area contributed by atoms with Crippen LogP contribution in [-0.4, -0.2) is 11.4 Å². The highest BCUT2D eigenvalue weighted by Gasteiger charge is 2.00. The molecular formula is C6H12OS. The van der Waals surface area contributed by atoms with Gasteiger partial charge in [-0.2, -0.15) is 0 Å². The summed E-state index contributed by atoms with van der Waals surface area (Å²) in [4.78, 5) is 10.6. The van der Waals surface area contributed by atoms with Crippen LogP contribution in [0.3, 0.4) is 0 Å². The van der Waals surface area contributed by atoms with Crippen molar-refractivity contribution in [3.8, 4) is 0 Å². The minimum atomic E-state index is 0.292. The first-order valence-electron chi connectivity index (χ1n) is 2.73. The van der Waals surface area contributed by atoms with Gasteiger partial charge in [0.15, 0.2) is 5.12 Å². The first-order valence-corrected chi connectivity index (χ1v) is 3.96. The van der Waals surface area contributed by atoms with Gasteiger partial charge < -0.3 is 0 Å². The lowest BCUT2D eigenvalue weighted by Crippen LogP contribution is -1.95. The fraction of sp³-hybridized carbons (Fsp3) is 0.833. The molecule has 0 aliphatic heterocycles. The quantitative estimate of drug-likeness (QED) is 0.571. The van der Waals surface area contributed by atoms with Crippen molar-refractivity contribution >= 4 is 16.9 Å². The normalized spacial score (nSPS) is 10.0. The molecule has 0 bridgehead atoms. The number of carbonyl (C=O) groups is 1. The van der Waals surface area contributed by atoms with Crippen molar-refractivity contribution in [3.63, 3.8) is 0 Å². The molecule has 0 amide bonds. The molecule has 0 saturated heterocycles. The van der Waals surface area contributed by atoms with Gasteiger partial charge in [0, 0.05) is 6.42 Å². The Kier molecular flexibility index (Phi) is 3.97. The molecule has 0 spiro atoms. The molecule has 0 aromatic rings. The van der Waals surface area contributed by atoms with Crippen molar-refractivity contribution in [2.24, 2.45) is 5.92 Å². The molecule has 0 aliphatic rings. The molecule has 8 heavy (non-hydrogen) atoms. The average molecular weight is 132 g/mol. The predicted octanol–water partition coefficient (Wildman–Crippen LogP) is 1.92. The monoisotopic (exact) mass is 132 g/mol. The summed E-state index contributed by atoms with van der Waals surface area (Å²) in [6.45, 7) is 4.10. The van der Waals surface area contributed by atoms with Crippen LogP contribution in [0, 0.1) is 5.92 Å². The van der Waals surface area contributed by atoms with Gasteiger partial charge in [0.1, 0.15) is 0 Å². The lowest BCUT2D eigenvalue weighted by molar-refractivity contribution is -0.111. The van der Waals surface area contributed by atoms with Crippen LogP contribution < -0.4 is 0 Å². The second kappa shape index (κ2) is 3.96. The van der Waals surface area contributed by atoms with Gasteiger partial charge in [-0.1, -0.05) is 25.6 Å². The SMILES string of the molecule is CSC(=O)CC(C)C. The Morgan fingerprint density at radius 1 is 1.62 bits per heavy atom. The van der Waals surface area contributed by atoms with Crippen LogP contribution >= 0.6 is 11.8 Å². The van der Waals surface area contributed by atoms with Crippen LogP contribution in [0.25, 0.3) is 0 Å². The molecule has 0 saturated carbocycles. The first-order chi connectivity index (χ1) is 3.66. The van der Waals surface area contributed by atoms with E-state index < -0.39 is 0 Å². The molecule has 0 fully saturated rings. The minimum absolute atomic E-state index is 0.292. The Balaban J connectivity index is 3.25. The minimum Gasteiger partial charge on any atom is -0.287 e. The van der Waals surface area contributed by atoms with Gasteiger partial charge in [-0.25, -0.2) is 0 Å². The predicted molar refractivity (Wildman–Crippen MR) is 38.0 cm³/mol. The summed E-state index contributed by atoms with van der Waals surface area (Å²) in [5.41, 5.74) is 0. The van der Waals surface area contributed by atoms with Crippen LogP contribution in [-0.2, 0) is 4.79 Å². The zero-order valence-corrected chi connectivity index (χ0v) is 6.42. The third-order valence-electron chi connectivity index (χ3n) is 0.803. The van der Waals surface area contributed by atoms with Gasteiger partial charge in [0.05, 0.1) is 0 Å². The summed E-state index contributed by atoms with van der Waals surface area (Å²) < 4.78 is 0. The number of hydrogen-bond acceptors (Lipinski definition) is 2. The highest BCUT2D eigenvalue weighted by molar-refractivity contribution is 8.13. The Bertz CT molecular complexity index is 78.6. The molecule has 0 unspecified atom stereocenters. The molecule has 0 aromatic heterocycles. The second-order valence-corrected chi connectivity index (χ2v) is 3.04. The van der Waals surface area contributed by atoms with Crippen molar-refractivity contribution in [3.05, 3.63) is 0 Å². The molecule has 0 heterocycles. The van der Waals surface area contributed by atoms with E-state index in [0.29, 0.717) is 17.5 Å². The number of carbonyl (C=O) groups excluding carboxylic acids is 1. The lowest BCUT2D eigenvalue weighted by atomic mass is 10.2. The van der Waals surface area contributed by atoms with Crippen LogP contribution in [0.5, 0.6) is 0 Å². The van der Waals surface area contributed by atoms with Crippen LogP contribution in [0.4, 0.5) is 0 Å². The van der Waals surface area contributed by atoms with Crippen LogP contribution in [0.2, 0.25) is 0 Å². The van der Waals surface area contributed by atoms with E-state index in [2.05, 4.69) is 0 Å².